The molecule has 0 spiro atoms. The van der Waals surface area contributed by atoms with Crippen molar-refractivity contribution < 1.29 is 28.6 Å². The number of ether oxygens (including phenoxy) is 1. The third-order valence-electron chi connectivity index (χ3n) is 9.28. The lowest BCUT2D eigenvalue weighted by Gasteiger charge is -2.58. The number of hydrogen-bond acceptors (Lipinski definition) is 5. The fraction of sp³-hybridized carbons (Fsp3) is 0.750. The smallest absolute Gasteiger partial charge is 0.407 e. The molecule has 7 heteroatoms. The number of carbonyl (C=O) groups excluding carboxylic acids is 3. The first-order valence-electron chi connectivity index (χ1n) is 13.1. The molecule has 3 saturated carbocycles. The number of Topliss-reactive ketones (excluding diaryl/α,β-unsaturated/α-hetero) is 1. The fourth-order valence-corrected chi connectivity index (χ4v) is 7.71. The monoisotopic (exact) mass is 491 g/mol. The van der Waals surface area contributed by atoms with Crippen LogP contribution in [0.15, 0.2) is 23.8 Å². The lowest BCUT2D eigenvalue weighted by atomic mass is 9.46. The van der Waals surface area contributed by atoms with E-state index in [1.807, 2.05) is 6.08 Å². The number of aliphatic hydroxyl groups is 1. The first kappa shape index (κ1) is 27.6. The molecule has 7 atom stereocenters. The van der Waals surface area contributed by atoms with Crippen LogP contribution >= 0.6 is 0 Å². The van der Waals surface area contributed by atoms with Crippen molar-refractivity contribution in [2.45, 2.75) is 78.2 Å². The third kappa shape index (κ3) is 5.25. The van der Waals surface area contributed by atoms with Crippen molar-refractivity contribution >= 4 is 17.7 Å². The Kier molecular flexibility index (Phi) is 8.95. The highest BCUT2D eigenvalue weighted by Gasteiger charge is 2.62. The van der Waals surface area contributed by atoms with Crippen LogP contribution in [0.5, 0.6) is 0 Å². The second-order valence-corrected chi connectivity index (χ2v) is 11.1. The highest BCUT2D eigenvalue weighted by molar-refractivity contribution is 6.01. The summed E-state index contributed by atoms with van der Waals surface area (Å²) in [6.07, 6.45) is 11.5. The van der Waals surface area contributed by atoms with Gasteiger partial charge in [-0.2, -0.15) is 0 Å². The first-order valence-corrected chi connectivity index (χ1v) is 13.1. The van der Waals surface area contributed by atoms with Crippen molar-refractivity contribution in [1.29, 1.82) is 0 Å². The zero-order chi connectivity index (χ0) is 25.8. The van der Waals surface area contributed by atoms with Gasteiger partial charge in [-0.3, -0.25) is 14.0 Å². The molecule has 4 rings (SSSR count). The van der Waals surface area contributed by atoms with E-state index in [0.29, 0.717) is 32.0 Å². The normalized spacial score (nSPS) is 37.1. The predicted molar refractivity (Wildman–Crippen MR) is 132 cm³/mol. The molecule has 0 bridgehead atoms. The Morgan fingerprint density at radius 1 is 1.20 bits per heavy atom. The Balaban J connectivity index is 0.00000167. The molecule has 4 aliphatic rings. The maximum absolute atomic E-state index is 13.1. The molecular formula is C28H42FNO5. The minimum Gasteiger partial charge on any atom is -0.442 e. The van der Waals surface area contributed by atoms with Crippen molar-refractivity contribution in [2.75, 3.05) is 20.3 Å². The standard InChI is InChI=1S/C27H39NO5.CH3F/c1-4-5-6-13-28-25(32)33-16-23(31)21-10-9-20-19-8-7-17-14-18(29)11-12-26(17,2)24(19)22(30)15-27(20,21)3;1-2/h11-12,14,19-22,24,30H,4-10,13,15-16H2,1-3H3,(H,28,32);1H3. The van der Waals surface area contributed by atoms with E-state index in [2.05, 4.69) is 26.1 Å². The summed E-state index contributed by atoms with van der Waals surface area (Å²) in [5, 5.41) is 14.1. The number of alkyl carbamates (subject to hydrolysis) is 1. The van der Waals surface area contributed by atoms with Crippen LogP contribution < -0.4 is 5.32 Å². The maximum atomic E-state index is 13.1. The summed E-state index contributed by atoms with van der Waals surface area (Å²) in [6, 6.07) is 0. The van der Waals surface area contributed by atoms with E-state index < -0.39 is 12.2 Å². The summed E-state index contributed by atoms with van der Waals surface area (Å²) in [5.74, 6) is 0.557. The largest absolute Gasteiger partial charge is 0.442 e. The van der Waals surface area contributed by atoms with Gasteiger partial charge in [-0.1, -0.05) is 45.3 Å². The van der Waals surface area contributed by atoms with Gasteiger partial charge in [0.1, 0.15) is 0 Å². The first-order chi connectivity index (χ1) is 16.7. The fourth-order valence-electron chi connectivity index (χ4n) is 7.71. The van der Waals surface area contributed by atoms with Crippen molar-refractivity contribution in [3.05, 3.63) is 23.8 Å². The Morgan fingerprint density at radius 3 is 2.66 bits per heavy atom. The summed E-state index contributed by atoms with van der Waals surface area (Å²) in [5.41, 5.74) is 0.561. The van der Waals surface area contributed by atoms with E-state index in [0.717, 1.165) is 50.5 Å². The van der Waals surface area contributed by atoms with E-state index in [1.54, 1.807) is 12.2 Å². The summed E-state index contributed by atoms with van der Waals surface area (Å²) in [6.45, 7) is 6.79. The number of nitrogens with one attached hydrogen (secondary N) is 1. The van der Waals surface area contributed by atoms with Gasteiger partial charge in [0.15, 0.2) is 18.2 Å². The molecule has 1 amide bonds. The SMILES string of the molecule is CCCCCNC(=O)OCC(=O)C1CCC2C3CCC4=CC(=O)C=CC4(C)C3C(O)CC12C.CF. The third-order valence-corrected chi connectivity index (χ3v) is 9.28. The van der Waals surface area contributed by atoms with Crippen molar-refractivity contribution in [2.24, 2.45) is 34.5 Å². The quantitative estimate of drug-likeness (QED) is 0.492. The molecule has 0 aromatic rings. The Labute approximate surface area is 208 Å². The van der Waals surface area contributed by atoms with Crippen molar-refractivity contribution in [1.82, 2.24) is 5.32 Å². The number of halogens is 1. The van der Waals surface area contributed by atoms with Gasteiger partial charge in [0.2, 0.25) is 0 Å². The molecule has 196 valence electrons. The van der Waals surface area contributed by atoms with Crippen LogP contribution in [0.1, 0.15) is 72.1 Å². The van der Waals surface area contributed by atoms with Gasteiger partial charge < -0.3 is 15.2 Å². The average molecular weight is 492 g/mol. The number of hydrogen-bond donors (Lipinski definition) is 2. The summed E-state index contributed by atoms with van der Waals surface area (Å²) in [7, 11) is 0.500. The maximum Gasteiger partial charge on any atom is 0.407 e. The Hall–Kier alpha value is -2.02. The summed E-state index contributed by atoms with van der Waals surface area (Å²) in [4.78, 5) is 37.0. The molecule has 3 fully saturated rings. The highest BCUT2D eigenvalue weighted by atomic mass is 19.1. The van der Waals surface area contributed by atoms with Gasteiger partial charge in [0.05, 0.1) is 13.3 Å². The minimum atomic E-state index is -0.529. The van der Waals surface area contributed by atoms with E-state index in [1.165, 1.54) is 0 Å². The van der Waals surface area contributed by atoms with Crippen LogP contribution in [-0.2, 0) is 14.3 Å². The molecule has 2 N–H and O–H groups in total. The number of ketones is 2. The van der Waals surface area contributed by atoms with Crippen molar-refractivity contribution in [3.8, 4) is 0 Å². The molecule has 0 saturated heterocycles. The zero-order valence-electron chi connectivity index (χ0n) is 21.6. The van der Waals surface area contributed by atoms with E-state index >= 15 is 0 Å². The van der Waals surface area contributed by atoms with Crippen LogP contribution in [0.25, 0.3) is 0 Å². The Morgan fingerprint density at radius 2 is 1.94 bits per heavy atom. The number of amides is 1. The lowest BCUT2D eigenvalue weighted by molar-refractivity contribution is -0.141. The molecular weight excluding hydrogens is 449 g/mol. The van der Waals surface area contributed by atoms with Crippen LogP contribution in [0.2, 0.25) is 0 Å². The van der Waals surface area contributed by atoms with Gasteiger partial charge in [0.25, 0.3) is 0 Å². The molecule has 0 aromatic heterocycles. The van der Waals surface area contributed by atoms with Gasteiger partial charge in [0, 0.05) is 23.8 Å². The van der Waals surface area contributed by atoms with Crippen LogP contribution in [0.3, 0.4) is 0 Å². The number of aliphatic hydroxyl groups excluding tert-OH is 1. The number of carbonyl (C=O) groups is 3. The number of unbranched alkanes of at least 4 members (excludes halogenated alkanes) is 2. The number of alkyl halides is 1. The van der Waals surface area contributed by atoms with E-state index in [9.17, 15) is 23.9 Å². The van der Waals surface area contributed by atoms with E-state index in [4.69, 9.17) is 4.74 Å². The molecule has 0 aliphatic heterocycles. The molecule has 0 heterocycles. The van der Waals surface area contributed by atoms with Gasteiger partial charge in [-0.15, -0.1) is 0 Å². The average Bonchev–Trinajstić information content (AvgIpc) is 3.18. The lowest BCUT2D eigenvalue weighted by Crippen LogP contribution is -2.56. The van der Waals surface area contributed by atoms with Gasteiger partial charge in [-0.25, -0.2) is 4.79 Å². The molecule has 7 unspecified atom stereocenters. The van der Waals surface area contributed by atoms with E-state index in [-0.39, 0.29) is 40.8 Å². The summed E-state index contributed by atoms with van der Waals surface area (Å²) >= 11 is 0. The molecule has 0 aromatic carbocycles. The second kappa shape index (κ2) is 11.4. The number of fused-ring (bicyclic) bond motifs is 5. The zero-order valence-corrected chi connectivity index (χ0v) is 21.6. The highest BCUT2D eigenvalue weighted by Crippen LogP contribution is 2.66. The summed E-state index contributed by atoms with van der Waals surface area (Å²) < 4.78 is 14.7. The van der Waals surface area contributed by atoms with Crippen LogP contribution in [-0.4, -0.2) is 49.2 Å². The van der Waals surface area contributed by atoms with Gasteiger partial charge >= 0.3 is 6.09 Å². The number of allylic oxidation sites excluding steroid dienone is 4. The molecule has 35 heavy (non-hydrogen) atoms. The Bertz CT molecular complexity index is 869. The van der Waals surface area contributed by atoms with Gasteiger partial charge in [-0.05, 0) is 67.9 Å². The van der Waals surface area contributed by atoms with Crippen molar-refractivity contribution in [3.63, 3.8) is 0 Å². The van der Waals surface area contributed by atoms with Crippen LogP contribution in [0.4, 0.5) is 9.18 Å². The molecule has 6 nitrogen and oxygen atoms in total. The topological polar surface area (TPSA) is 92.7 Å². The van der Waals surface area contributed by atoms with Crippen LogP contribution in [0, 0.1) is 34.5 Å². The minimum absolute atomic E-state index is 0.0277. The second-order valence-electron chi connectivity index (χ2n) is 11.1. The molecule has 0 radical (unpaired) electrons. The number of rotatable bonds is 7. The molecule has 4 aliphatic carbocycles. The predicted octanol–water partition coefficient (Wildman–Crippen LogP) is 4.95.